The van der Waals surface area contributed by atoms with E-state index in [1.165, 1.54) is 45.6 Å². The van der Waals surface area contributed by atoms with E-state index in [2.05, 4.69) is 18.7 Å². The molecule has 0 aromatic heterocycles. The van der Waals surface area contributed by atoms with Gasteiger partial charge in [-0.2, -0.15) is 0 Å². The van der Waals surface area contributed by atoms with E-state index in [-0.39, 0.29) is 16.8 Å². The fraction of sp³-hybridized carbons (Fsp3) is 0.958. The Morgan fingerprint density at radius 2 is 2.04 bits per heavy atom. The second-order valence-electron chi connectivity index (χ2n) is 11.9. The van der Waals surface area contributed by atoms with Crippen LogP contribution >= 0.6 is 0 Å². The van der Waals surface area contributed by atoms with Gasteiger partial charge in [-0.1, -0.05) is 20.3 Å². The fourth-order valence-corrected chi connectivity index (χ4v) is 10.8. The highest BCUT2D eigenvalue weighted by Crippen LogP contribution is 2.80. The summed E-state index contributed by atoms with van der Waals surface area (Å²) < 4.78 is 5.11. The van der Waals surface area contributed by atoms with E-state index in [9.17, 15) is 9.90 Å². The minimum atomic E-state index is -0.516. The predicted octanol–water partition coefficient (Wildman–Crippen LogP) is 3.76. The molecule has 4 aliphatic carbocycles. The summed E-state index contributed by atoms with van der Waals surface area (Å²) in [5.74, 6) is 2.09. The second kappa shape index (κ2) is 5.35. The maximum Gasteiger partial charge on any atom is 0.305 e. The Labute approximate surface area is 169 Å². The maximum atomic E-state index is 12.3. The average molecular weight is 388 g/mol. The van der Waals surface area contributed by atoms with E-state index < -0.39 is 5.60 Å². The third kappa shape index (κ3) is 1.77. The molecule has 3 aliphatic heterocycles. The number of hydrogen-bond acceptors (Lipinski definition) is 4. The van der Waals surface area contributed by atoms with Crippen LogP contribution in [0.1, 0.15) is 78.1 Å². The predicted molar refractivity (Wildman–Crippen MR) is 107 cm³/mol. The van der Waals surface area contributed by atoms with Crippen molar-refractivity contribution in [3.8, 4) is 0 Å². The molecule has 1 N–H and O–H groups in total. The van der Waals surface area contributed by atoms with E-state index in [0.717, 1.165) is 31.7 Å². The molecule has 7 fully saturated rings. The van der Waals surface area contributed by atoms with Crippen LogP contribution in [0.25, 0.3) is 0 Å². The van der Waals surface area contributed by atoms with Crippen molar-refractivity contribution >= 4 is 5.97 Å². The van der Waals surface area contributed by atoms with Crippen LogP contribution < -0.4 is 0 Å². The quantitative estimate of drug-likeness (QED) is 0.749. The van der Waals surface area contributed by atoms with Gasteiger partial charge in [0.2, 0.25) is 0 Å². The summed E-state index contributed by atoms with van der Waals surface area (Å²) >= 11 is 0. The van der Waals surface area contributed by atoms with Crippen molar-refractivity contribution in [3.63, 3.8) is 0 Å². The molecule has 4 saturated carbocycles. The molecule has 0 amide bonds. The molecule has 28 heavy (non-hydrogen) atoms. The first-order valence-electron chi connectivity index (χ1n) is 11.9. The lowest BCUT2D eigenvalue weighted by Gasteiger charge is -2.67. The summed E-state index contributed by atoms with van der Waals surface area (Å²) in [7, 11) is 1.53. The van der Waals surface area contributed by atoms with Gasteiger partial charge in [-0.15, -0.1) is 0 Å². The molecule has 0 radical (unpaired) electrons. The van der Waals surface area contributed by atoms with Crippen LogP contribution in [-0.4, -0.2) is 47.3 Å². The molecule has 9 atom stereocenters. The zero-order valence-electron chi connectivity index (χ0n) is 17.9. The van der Waals surface area contributed by atoms with Crippen molar-refractivity contribution in [3.05, 3.63) is 0 Å². The highest BCUT2D eigenvalue weighted by atomic mass is 16.5. The molecule has 1 spiro atoms. The summed E-state index contributed by atoms with van der Waals surface area (Å²) in [4.78, 5) is 15.1. The fourth-order valence-electron chi connectivity index (χ4n) is 10.8. The van der Waals surface area contributed by atoms with Crippen molar-refractivity contribution in [2.75, 3.05) is 13.7 Å². The number of hydrogen-bond donors (Lipinski definition) is 1. The Balaban J connectivity index is 1.59. The van der Waals surface area contributed by atoms with Crippen molar-refractivity contribution in [1.29, 1.82) is 0 Å². The Bertz CT molecular complexity index is 725. The lowest BCUT2D eigenvalue weighted by Crippen LogP contribution is -2.70. The Kier molecular flexibility index (Phi) is 3.47. The zero-order valence-corrected chi connectivity index (χ0v) is 17.9. The highest BCUT2D eigenvalue weighted by molar-refractivity contribution is 5.69. The van der Waals surface area contributed by atoms with Gasteiger partial charge in [0.15, 0.2) is 0 Å². The molecule has 4 nitrogen and oxygen atoms in total. The van der Waals surface area contributed by atoms with Crippen molar-refractivity contribution < 1.29 is 14.6 Å². The van der Waals surface area contributed by atoms with Gasteiger partial charge >= 0.3 is 5.97 Å². The van der Waals surface area contributed by atoms with Gasteiger partial charge in [0.25, 0.3) is 0 Å². The molecular weight excluding hydrogens is 350 g/mol. The van der Waals surface area contributed by atoms with Crippen LogP contribution in [0.4, 0.5) is 0 Å². The summed E-state index contributed by atoms with van der Waals surface area (Å²) in [6.07, 6.45) is 11.1. The lowest BCUT2D eigenvalue weighted by atomic mass is 9.41. The number of rotatable bonds is 3. The first kappa shape index (κ1) is 18.2. The van der Waals surface area contributed by atoms with Crippen LogP contribution in [0.3, 0.4) is 0 Å². The minimum absolute atomic E-state index is 0.0475. The van der Waals surface area contributed by atoms with E-state index in [1.807, 2.05) is 0 Å². The summed E-state index contributed by atoms with van der Waals surface area (Å²) in [6, 6.07) is 0.940. The number of ether oxygens (including phenoxy) is 1. The van der Waals surface area contributed by atoms with Gasteiger partial charge in [-0.05, 0) is 85.4 Å². The molecule has 0 aromatic rings. The first-order chi connectivity index (χ1) is 13.3. The van der Waals surface area contributed by atoms with Gasteiger partial charge in [0.05, 0.1) is 12.7 Å². The van der Waals surface area contributed by atoms with Gasteiger partial charge in [-0.25, -0.2) is 0 Å². The molecule has 3 heterocycles. The first-order valence-corrected chi connectivity index (χ1v) is 11.9. The van der Waals surface area contributed by atoms with Crippen molar-refractivity contribution in [2.24, 2.45) is 34.0 Å². The van der Waals surface area contributed by atoms with Gasteiger partial charge in [0, 0.05) is 25.0 Å². The summed E-state index contributed by atoms with van der Waals surface area (Å²) in [6.45, 7) is 6.12. The largest absolute Gasteiger partial charge is 0.469 e. The van der Waals surface area contributed by atoms with Gasteiger partial charge in [0.1, 0.15) is 0 Å². The smallest absolute Gasteiger partial charge is 0.305 e. The minimum Gasteiger partial charge on any atom is -0.469 e. The molecule has 6 bridgehead atoms. The van der Waals surface area contributed by atoms with Crippen molar-refractivity contribution in [2.45, 2.75) is 95.7 Å². The number of carbonyl (C=O) groups is 1. The Morgan fingerprint density at radius 1 is 1.21 bits per heavy atom. The lowest BCUT2D eigenvalue weighted by molar-refractivity contribution is -0.195. The summed E-state index contributed by atoms with van der Waals surface area (Å²) in [5.41, 5.74) is 0.0983. The molecule has 3 saturated heterocycles. The van der Waals surface area contributed by atoms with E-state index in [4.69, 9.17) is 4.74 Å². The zero-order chi connectivity index (χ0) is 19.5. The number of esters is 1. The number of piperidine rings is 1. The standard InChI is InChI=1S/C24H37NO3/c1-15-13-25-19-16(15)6-9-21(2)14-23(27)12-11-22(20(23)25)8-4-5-17(22)24(19,21)10-7-18(26)28-3/h15-17,19-20,27H,4-14H2,1-3H3. The van der Waals surface area contributed by atoms with Gasteiger partial charge < -0.3 is 9.84 Å². The molecule has 7 rings (SSSR count). The molecular formula is C24H37NO3. The normalized spacial score (nSPS) is 58.6. The number of methoxy groups -OCH3 is 1. The van der Waals surface area contributed by atoms with Crippen LogP contribution in [-0.2, 0) is 9.53 Å². The van der Waals surface area contributed by atoms with Crippen molar-refractivity contribution in [1.82, 2.24) is 4.90 Å². The number of carbonyl (C=O) groups excluding carboxylic acids is 1. The average Bonchev–Trinajstić information content (AvgIpc) is 3.29. The van der Waals surface area contributed by atoms with E-state index >= 15 is 0 Å². The Morgan fingerprint density at radius 3 is 2.82 bits per heavy atom. The third-order valence-electron chi connectivity index (χ3n) is 11.2. The van der Waals surface area contributed by atoms with E-state index in [0.29, 0.717) is 35.8 Å². The topological polar surface area (TPSA) is 49.8 Å². The molecule has 156 valence electrons. The van der Waals surface area contributed by atoms with Crippen LogP contribution in [0.2, 0.25) is 0 Å². The highest BCUT2D eigenvalue weighted by Gasteiger charge is 2.81. The molecule has 7 aliphatic rings. The molecule has 0 aromatic carbocycles. The van der Waals surface area contributed by atoms with Crippen LogP contribution in [0.5, 0.6) is 0 Å². The van der Waals surface area contributed by atoms with E-state index in [1.54, 1.807) is 0 Å². The number of nitrogens with zero attached hydrogens (tertiary/aromatic N) is 1. The second-order valence-corrected chi connectivity index (χ2v) is 11.9. The number of aliphatic hydroxyl groups is 1. The molecule has 4 heteroatoms. The van der Waals surface area contributed by atoms with Crippen LogP contribution in [0.15, 0.2) is 0 Å². The van der Waals surface area contributed by atoms with Gasteiger partial charge in [-0.3, -0.25) is 9.69 Å². The van der Waals surface area contributed by atoms with Crippen LogP contribution in [0, 0.1) is 34.0 Å². The summed E-state index contributed by atoms with van der Waals surface area (Å²) in [5, 5.41) is 12.2. The monoisotopic (exact) mass is 387 g/mol. The SMILES string of the molecule is COC(=O)CCC12C3C4CCC1(C)CC1(O)CCC5(CCCC52)C1N3CC4C. The molecule has 9 unspecified atom stereocenters. The Hall–Kier alpha value is -0.610. The third-order valence-corrected chi connectivity index (χ3v) is 11.2. The maximum absolute atomic E-state index is 12.3.